The second kappa shape index (κ2) is 6.92. The monoisotopic (exact) mass is 351 g/mol. The Kier molecular flexibility index (Phi) is 4.67. The van der Waals surface area contributed by atoms with Crippen molar-refractivity contribution in [3.63, 3.8) is 0 Å². The molecule has 6 heteroatoms. The molecule has 6 nitrogen and oxygen atoms in total. The summed E-state index contributed by atoms with van der Waals surface area (Å²) in [6.07, 6.45) is 0. The minimum atomic E-state index is -0.732. The molecular weight excluding hydrogens is 330 g/mol. The van der Waals surface area contributed by atoms with E-state index in [1.807, 2.05) is 31.2 Å². The van der Waals surface area contributed by atoms with Gasteiger partial charge in [0.25, 0.3) is 5.91 Å². The smallest absolute Gasteiger partial charge is 0.322 e. The Morgan fingerprint density at radius 2 is 1.77 bits per heavy atom. The molecule has 3 rings (SSSR count). The van der Waals surface area contributed by atoms with E-state index in [2.05, 4.69) is 10.6 Å². The third kappa shape index (κ3) is 3.13. The predicted molar refractivity (Wildman–Crippen MR) is 99.7 cm³/mol. The molecule has 0 aromatic heterocycles. The molecule has 134 valence electrons. The Morgan fingerprint density at radius 3 is 2.46 bits per heavy atom. The second-order valence-electron chi connectivity index (χ2n) is 6.27. The maximum absolute atomic E-state index is 13.0. The predicted octanol–water partition coefficient (Wildman–Crippen LogP) is 3.31. The summed E-state index contributed by atoms with van der Waals surface area (Å²) in [6, 6.07) is 13.1. The van der Waals surface area contributed by atoms with Crippen molar-refractivity contribution in [2.75, 3.05) is 12.4 Å². The molecule has 0 aliphatic carbocycles. The van der Waals surface area contributed by atoms with Gasteiger partial charge in [-0.1, -0.05) is 36.4 Å². The van der Waals surface area contributed by atoms with Crippen LogP contribution in [-0.2, 0) is 4.79 Å². The number of benzene rings is 2. The number of amides is 3. The van der Waals surface area contributed by atoms with E-state index in [-0.39, 0.29) is 17.7 Å². The van der Waals surface area contributed by atoms with Crippen molar-refractivity contribution in [1.29, 1.82) is 0 Å². The number of aromatic hydroxyl groups is 1. The fraction of sp³-hybridized carbons (Fsp3) is 0.200. The van der Waals surface area contributed by atoms with Crippen molar-refractivity contribution in [2.24, 2.45) is 0 Å². The maximum Gasteiger partial charge on any atom is 0.322 e. The summed E-state index contributed by atoms with van der Waals surface area (Å²) >= 11 is 0. The number of phenolic OH excluding ortho intramolecular Hbond substituents is 1. The van der Waals surface area contributed by atoms with Crippen molar-refractivity contribution >= 4 is 17.6 Å². The summed E-state index contributed by atoms with van der Waals surface area (Å²) in [7, 11) is 1.60. The number of nitrogens with zero attached hydrogens (tertiary/aromatic N) is 1. The molecule has 3 N–H and O–H groups in total. The largest absolute Gasteiger partial charge is 0.508 e. The number of para-hydroxylation sites is 2. The number of nitrogens with one attached hydrogen (secondary N) is 2. The van der Waals surface area contributed by atoms with Crippen molar-refractivity contribution in [2.45, 2.75) is 19.9 Å². The number of rotatable bonds is 3. The maximum atomic E-state index is 13.0. The molecule has 0 spiro atoms. The molecule has 1 atom stereocenters. The number of allylic oxidation sites excluding steroid dienone is 1. The van der Waals surface area contributed by atoms with Gasteiger partial charge in [-0.05, 0) is 31.5 Å². The van der Waals surface area contributed by atoms with Crippen LogP contribution in [0, 0.1) is 6.92 Å². The average Bonchev–Trinajstić information content (AvgIpc) is 2.61. The van der Waals surface area contributed by atoms with Gasteiger partial charge in [-0.25, -0.2) is 4.79 Å². The highest BCUT2D eigenvalue weighted by atomic mass is 16.3. The lowest BCUT2D eigenvalue weighted by Crippen LogP contribution is -2.46. The molecule has 0 saturated carbocycles. The van der Waals surface area contributed by atoms with E-state index in [4.69, 9.17) is 0 Å². The van der Waals surface area contributed by atoms with Gasteiger partial charge in [0, 0.05) is 24.0 Å². The second-order valence-corrected chi connectivity index (χ2v) is 6.27. The van der Waals surface area contributed by atoms with Crippen LogP contribution in [0.4, 0.5) is 10.5 Å². The number of carbonyl (C=O) groups is 2. The lowest BCUT2D eigenvalue weighted by atomic mass is 9.93. The van der Waals surface area contributed by atoms with Crippen LogP contribution < -0.4 is 10.6 Å². The summed E-state index contributed by atoms with van der Waals surface area (Å²) in [4.78, 5) is 26.7. The first kappa shape index (κ1) is 17.5. The number of phenols is 1. The molecule has 0 radical (unpaired) electrons. The van der Waals surface area contributed by atoms with E-state index in [0.29, 0.717) is 22.5 Å². The highest BCUT2D eigenvalue weighted by molar-refractivity contribution is 6.07. The Balaban J connectivity index is 2.04. The zero-order valence-electron chi connectivity index (χ0n) is 14.9. The van der Waals surface area contributed by atoms with Gasteiger partial charge in [0.15, 0.2) is 0 Å². The van der Waals surface area contributed by atoms with Crippen LogP contribution >= 0.6 is 0 Å². The van der Waals surface area contributed by atoms with E-state index >= 15 is 0 Å². The van der Waals surface area contributed by atoms with Crippen molar-refractivity contribution < 1.29 is 14.7 Å². The minimum absolute atomic E-state index is 0.0244. The highest BCUT2D eigenvalue weighted by Crippen LogP contribution is 2.34. The van der Waals surface area contributed by atoms with Gasteiger partial charge in [-0.2, -0.15) is 0 Å². The van der Waals surface area contributed by atoms with E-state index in [1.54, 1.807) is 32.2 Å². The van der Waals surface area contributed by atoms with Gasteiger partial charge >= 0.3 is 6.03 Å². The summed E-state index contributed by atoms with van der Waals surface area (Å²) in [5.41, 5.74) is 3.04. The number of aryl methyl sites for hydroxylation is 1. The zero-order chi connectivity index (χ0) is 18.8. The Hall–Kier alpha value is -3.28. The number of anilines is 1. The third-order valence-electron chi connectivity index (χ3n) is 4.64. The molecule has 0 bridgehead atoms. The number of hydrogen-bond acceptors (Lipinski definition) is 3. The molecule has 1 aliphatic rings. The molecule has 3 amide bonds. The first-order valence-corrected chi connectivity index (χ1v) is 8.30. The number of hydrogen-bond donors (Lipinski definition) is 3. The lowest BCUT2D eigenvalue weighted by Gasteiger charge is -2.34. The quantitative estimate of drug-likeness (QED) is 0.793. The van der Waals surface area contributed by atoms with E-state index in [0.717, 1.165) is 5.56 Å². The Labute approximate surface area is 152 Å². The standard InChI is InChI=1S/C20H21N3O3/c1-12-8-4-6-10-15(12)21-19(25)17-13(2)23(3)20(26)22-18(17)14-9-5-7-11-16(14)24/h4-11,18,24H,1-3H3,(H,21,25)(H,22,26)/t18-/m0/s1. The van der Waals surface area contributed by atoms with E-state index in [1.165, 1.54) is 11.0 Å². The van der Waals surface area contributed by atoms with Gasteiger partial charge in [-0.15, -0.1) is 0 Å². The van der Waals surface area contributed by atoms with Crippen LogP contribution in [0.1, 0.15) is 24.1 Å². The zero-order valence-corrected chi connectivity index (χ0v) is 14.9. The van der Waals surface area contributed by atoms with Gasteiger partial charge in [0.05, 0.1) is 11.6 Å². The van der Waals surface area contributed by atoms with Crippen LogP contribution in [0.15, 0.2) is 59.8 Å². The minimum Gasteiger partial charge on any atom is -0.508 e. The van der Waals surface area contributed by atoms with Gasteiger partial charge in [0.1, 0.15) is 5.75 Å². The normalized spacial score (nSPS) is 17.1. The van der Waals surface area contributed by atoms with Crippen LogP contribution in [0.25, 0.3) is 0 Å². The summed E-state index contributed by atoms with van der Waals surface area (Å²) in [5.74, 6) is -0.298. The Bertz CT molecular complexity index is 905. The Morgan fingerprint density at radius 1 is 1.12 bits per heavy atom. The first-order valence-electron chi connectivity index (χ1n) is 8.30. The SMILES string of the molecule is CC1=C(C(=O)Nc2ccccc2C)[C@H](c2ccccc2O)NC(=O)N1C. The summed E-state index contributed by atoms with van der Waals surface area (Å²) in [6.45, 7) is 3.63. The lowest BCUT2D eigenvalue weighted by molar-refractivity contribution is -0.113. The molecule has 0 fully saturated rings. The number of urea groups is 1. The molecular formula is C20H21N3O3. The van der Waals surface area contributed by atoms with E-state index in [9.17, 15) is 14.7 Å². The molecule has 2 aromatic carbocycles. The van der Waals surface area contributed by atoms with Crippen molar-refractivity contribution in [1.82, 2.24) is 10.2 Å². The topological polar surface area (TPSA) is 81.7 Å². The van der Waals surface area contributed by atoms with Gasteiger partial charge in [-0.3, -0.25) is 4.79 Å². The van der Waals surface area contributed by atoms with E-state index < -0.39 is 6.04 Å². The summed E-state index contributed by atoms with van der Waals surface area (Å²) in [5, 5.41) is 15.9. The third-order valence-corrected chi connectivity index (χ3v) is 4.64. The van der Waals surface area contributed by atoms with Crippen LogP contribution in [0.5, 0.6) is 5.75 Å². The molecule has 1 aliphatic heterocycles. The number of carbonyl (C=O) groups excluding carboxylic acids is 2. The van der Waals surface area contributed by atoms with Gasteiger partial charge in [0.2, 0.25) is 0 Å². The molecule has 26 heavy (non-hydrogen) atoms. The highest BCUT2D eigenvalue weighted by Gasteiger charge is 2.35. The van der Waals surface area contributed by atoms with Crippen LogP contribution in [0.2, 0.25) is 0 Å². The molecule has 0 unspecified atom stereocenters. The molecule has 0 saturated heterocycles. The van der Waals surface area contributed by atoms with Crippen molar-refractivity contribution in [3.8, 4) is 5.75 Å². The average molecular weight is 351 g/mol. The summed E-state index contributed by atoms with van der Waals surface area (Å²) < 4.78 is 0. The van der Waals surface area contributed by atoms with Gasteiger partial charge < -0.3 is 20.6 Å². The van der Waals surface area contributed by atoms with Crippen molar-refractivity contribution in [3.05, 3.63) is 70.9 Å². The van der Waals surface area contributed by atoms with Crippen LogP contribution in [0.3, 0.4) is 0 Å². The fourth-order valence-corrected chi connectivity index (χ4v) is 3.00. The van der Waals surface area contributed by atoms with Crippen LogP contribution in [-0.4, -0.2) is 29.0 Å². The molecule has 2 aromatic rings. The fourth-order valence-electron chi connectivity index (χ4n) is 3.00. The molecule has 1 heterocycles. The first-order chi connectivity index (χ1) is 12.4.